The van der Waals surface area contributed by atoms with Crippen LogP contribution in [0.1, 0.15) is 5.56 Å². The Labute approximate surface area is 135 Å². The molecule has 2 aromatic carbocycles. The van der Waals surface area contributed by atoms with Gasteiger partial charge >= 0.3 is 0 Å². The van der Waals surface area contributed by atoms with Crippen molar-refractivity contribution < 1.29 is 26.7 Å². The van der Waals surface area contributed by atoms with Gasteiger partial charge in [-0.2, -0.15) is 0 Å². The normalized spacial score (nSPS) is 14.7. The highest BCUT2D eigenvalue weighted by Gasteiger charge is 2.16. The predicted molar refractivity (Wildman–Crippen MR) is 82.1 cm³/mol. The molecule has 2 aromatic rings. The van der Waals surface area contributed by atoms with E-state index in [-0.39, 0.29) is 23.1 Å². The third-order valence-corrected chi connectivity index (χ3v) is 5.33. The molecule has 7 nitrogen and oxygen atoms in total. The number of ether oxygens (including phenoxy) is 2. The van der Waals surface area contributed by atoms with Crippen molar-refractivity contribution in [3.63, 3.8) is 0 Å². The highest BCUT2D eigenvalue weighted by atomic mass is 32.2. The number of hydrogen-bond donors (Lipinski definition) is 2. The van der Waals surface area contributed by atoms with Gasteiger partial charge in [-0.05, 0) is 42.0 Å². The molecule has 0 amide bonds. The molecule has 3 rings (SSSR count). The summed E-state index contributed by atoms with van der Waals surface area (Å²) in [7, 11) is -3.72. The fourth-order valence-corrected chi connectivity index (χ4v) is 3.43. The number of hydrogen-bond acceptors (Lipinski definition) is 5. The fourth-order valence-electron chi connectivity index (χ4n) is 2.05. The number of rotatable bonds is 5. The van der Waals surface area contributed by atoms with E-state index >= 15 is 0 Å². The zero-order valence-electron chi connectivity index (χ0n) is 11.8. The summed E-state index contributed by atoms with van der Waals surface area (Å²) in [4.78, 5) is 0.159. The average molecular weight is 355 g/mol. The molecule has 1 heterocycles. The summed E-state index contributed by atoms with van der Waals surface area (Å²) in [5.41, 5.74) is 0.728. The van der Waals surface area contributed by atoms with Crippen LogP contribution in [0.3, 0.4) is 0 Å². The number of fused-ring (bicyclic) bond motifs is 1. The van der Waals surface area contributed by atoms with Gasteiger partial charge in [-0.3, -0.25) is 0 Å². The van der Waals surface area contributed by atoms with Gasteiger partial charge in [0, 0.05) is 6.54 Å². The van der Waals surface area contributed by atoms with Crippen LogP contribution in [0.25, 0.3) is 0 Å². The van der Waals surface area contributed by atoms with E-state index in [1.165, 1.54) is 24.3 Å². The molecule has 23 heavy (non-hydrogen) atoms. The molecule has 1 atom stereocenters. The first-order valence-corrected chi connectivity index (χ1v) is 9.14. The van der Waals surface area contributed by atoms with Gasteiger partial charge in [0.15, 0.2) is 22.6 Å². The standard InChI is InChI=1S/C14H13NO6S2/c16-22(17)11-2-4-12(5-3-11)23(18,19)15-8-10-1-6-13-14(7-10)21-9-20-13/h1-7,15H,8-9H2,(H,16,17). The second-order valence-electron chi connectivity index (χ2n) is 4.73. The monoisotopic (exact) mass is 355 g/mol. The second-order valence-corrected chi connectivity index (χ2v) is 7.47. The minimum atomic E-state index is -3.72. The van der Waals surface area contributed by atoms with E-state index in [9.17, 15) is 12.6 Å². The van der Waals surface area contributed by atoms with Gasteiger partial charge in [0.1, 0.15) is 0 Å². The Morgan fingerprint density at radius 2 is 1.78 bits per heavy atom. The molecule has 0 fully saturated rings. The first-order chi connectivity index (χ1) is 11.0. The summed E-state index contributed by atoms with van der Waals surface area (Å²) >= 11 is -2.14. The zero-order chi connectivity index (χ0) is 16.4. The molecule has 2 N–H and O–H groups in total. The largest absolute Gasteiger partial charge is 0.454 e. The number of sulfonamides is 1. The summed E-state index contributed by atoms with van der Waals surface area (Å²) in [5, 5.41) is 0. The van der Waals surface area contributed by atoms with E-state index in [0.29, 0.717) is 11.5 Å². The molecule has 0 saturated heterocycles. The smallest absolute Gasteiger partial charge is 0.240 e. The minimum absolute atomic E-state index is 0.0208. The van der Waals surface area contributed by atoms with Crippen molar-refractivity contribution in [1.29, 1.82) is 0 Å². The van der Waals surface area contributed by atoms with Gasteiger partial charge in [-0.1, -0.05) is 6.07 Å². The molecule has 1 aliphatic heterocycles. The van der Waals surface area contributed by atoms with Crippen LogP contribution in [-0.4, -0.2) is 24.0 Å². The van der Waals surface area contributed by atoms with Gasteiger partial charge < -0.3 is 14.0 Å². The van der Waals surface area contributed by atoms with Crippen molar-refractivity contribution in [3.05, 3.63) is 48.0 Å². The molecule has 0 aliphatic carbocycles. The number of benzene rings is 2. The zero-order valence-corrected chi connectivity index (χ0v) is 13.4. The van der Waals surface area contributed by atoms with Crippen LogP contribution in [0, 0.1) is 0 Å². The molecule has 1 unspecified atom stereocenters. The van der Waals surface area contributed by atoms with Gasteiger partial charge in [-0.15, -0.1) is 0 Å². The lowest BCUT2D eigenvalue weighted by Gasteiger charge is -2.08. The van der Waals surface area contributed by atoms with Crippen molar-refractivity contribution in [2.45, 2.75) is 16.3 Å². The second kappa shape index (κ2) is 6.28. The Bertz CT molecular complexity index is 848. The van der Waals surface area contributed by atoms with Gasteiger partial charge in [-0.25, -0.2) is 17.3 Å². The Morgan fingerprint density at radius 1 is 1.09 bits per heavy atom. The Balaban J connectivity index is 1.72. The van der Waals surface area contributed by atoms with Gasteiger partial charge in [0.2, 0.25) is 16.8 Å². The molecular weight excluding hydrogens is 342 g/mol. The first-order valence-electron chi connectivity index (χ1n) is 6.55. The van der Waals surface area contributed by atoms with Crippen LogP contribution < -0.4 is 14.2 Å². The Morgan fingerprint density at radius 3 is 2.48 bits per heavy atom. The summed E-state index contributed by atoms with van der Waals surface area (Å²) < 4.78 is 57.2. The molecule has 0 aromatic heterocycles. The molecule has 0 saturated carbocycles. The summed E-state index contributed by atoms with van der Waals surface area (Å²) in [6.45, 7) is 0.246. The van der Waals surface area contributed by atoms with Crippen LogP contribution in [0.15, 0.2) is 52.3 Å². The predicted octanol–water partition coefficient (Wildman–Crippen LogP) is 1.47. The Hall–Kier alpha value is -1.94. The minimum Gasteiger partial charge on any atom is -0.454 e. The summed E-state index contributed by atoms with van der Waals surface area (Å²) in [6.07, 6.45) is 0. The quantitative estimate of drug-likeness (QED) is 0.788. The van der Waals surface area contributed by atoms with Crippen molar-refractivity contribution >= 4 is 21.1 Å². The van der Waals surface area contributed by atoms with E-state index in [1.807, 2.05) is 0 Å². The lowest BCUT2D eigenvalue weighted by molar-refractivity contribution is 0.174. The molecule has 0 radical (unpaired) electrons. The summed E-state index contributed by atoms with van der Waals surface area (Å²) in [6, 6.07) is 10.3. The van der Waals surface area contributed by atoms with E-state index in [1.54, 1.807) is 18.2 Å². The topological polar surface area (TPSA) is 102 Å². The molecule has 0 spiro atoms. The molecule has 0 bridgehead atoms. The maximum absolute atomic E-state index is 12.2. The lowest BCUT2D eigenvalue weighted by Crippen LogP contribution is -2.23. The molecule has 122 valence electrons. The average Bonchev–Trinajstić information content (AvgIpc) is 3.01. The fraction of sp³-hybridized carbons (Fsp3) is 0.143. The molecular formula is C14H13NO6S2. The van der Waals surface area contributed by atoms with E-state index in [0.717, 1.165) is 5.56 Å². The lowest BCUT2D eigenvalue weighted by atomic mass is 10.2. The SMILES string of the molecule is O=S(O)c1ccc(S(=O)(=O)NCc2ccc3c(c2)OCO3)cc1. The van der Waals surface area contributed by atoms with Crippen molar-refractivity contribution in [3.8, 4) is 11.5 Å². The Kier molecular flexibility index (Phi) is 4.35. The van der Waals surface area contributed by atoms with Crippen molar-refractivity contribution in [2.24, 2.45) is 0 Å². The maximum atomic E-state index is 12.2. The number of nitrogens with one attached hydrogen (secondary N) is 1. The first kappa shape index (κ1) is 15.9. The highest BCUT2D eigenvalue weighted by molar-refractivity contribution is 7.89. The van der Waals surface area contributed by atoms with Crippen LogP contribution >= 0.6 is 0 Å². The van der Waals surface area contributed by atoms with Crippen LogP contribution in [-0.2, 0) is 27.6 Å². The van der Waals surface area contributed by atoms with E-state index in [4.69, 9.17) is 14.0 Å². The van der Waals surface area contributed by atoms with E-state index < -0.39 is 21.1 Å². The van der Waals surface area contributed by atoms with Crippen LogP contribution in [0.2, 0.25) is 0 Å². The molecule has 1 aliphatic rings. The maximum Gasteiger partial charge on any atom is 0.240 e. The van der Waals surface area contributed by atoms with Gasteiger partial charge in [0.25, 0.3) is 0 Å². The molecule has 9 heteroatoms. The van der Waals surface area contributed by atoms with Crippen molar-refractivity contribution in [2.75, 3.05) is 6.79 Å². The van der Waals surface area contributed by atoms with Crippen molar-refractivity contribution in [1.82, 2.24) is 4.72 Å². The third kappa shape index (κ3) is 3.53. The van der Waals surface area contributed by atoms with E-state index in [2.05, 4.69) is 4.72 Å². The summed E-state index contributed by atoms with van der Waals surface area (Å²) in [5.74, 6) is 1.21. The highest BCUT2D eigenvalue weighted by Crippen LogP contribution is 2.32. The third-order valence-electron chi connectivity index (χ3n) is 3.24. The van der Waals surface area contributed by atoms with Crippen LogP contribution in [0.4, 0.5) is 0 Å². The van der Waals surface area contributed by atoms with Crippen LogP contribution in [0.5, 0.6) is 11.5 Å². The van der Waals surface area contributed by atoms with Gasteiger partial charge in [0.05, 0.1) is 9.79 Å².